The molecule has 0 spiro atoms. The molecule has 418 valence electrons. The van der Waals surface area contributed by atoms with Crippen LogP contribution in [0.1, 0.15) is 83.5 Å². The van der Waals surface area contributed by atoms with Crippen LogP contribution in [0, 0.1) is 94.4 Å². The van der Waals surface area contributed by atoms with Gasteiger partial charge in [0.15, 0.2) is 0 Å². The van der Waals surface area contributed by atoms with Gasteiger partial charge in [0.1, 0.15) is 0 Å². The van der Waals surface area contributed by atoms with E-state index in [9.17, 15) is 18.4 Å². The van der Waals surface area contributed by atoms with Crippen molar-refractivity contribution in [3.8, 4) is 73.1 Å². The quantitative estimate of drug-likeness (QED) is 0.146. The minimum Gasteiger partial charge on any atom is -0.308 e. The van der Waals surface area contributed by atoms with Crippen LogP contribution in [0.15, 0.2) is 152 Å². The first kappa shape index (κ1) is 55.4. The Morgan fingerprint density at radius 1 is 0.321 bits per heavy atom. The van der Waals surface area contributed by atoms with Crippen LogP contribution >= 0.6 is 0 Å². The monoisotopic (exact) mass is 1120 g/mol. The standard InChI is InChI=1S/C75H61F6N3/c1-39-23-43(5)69(44(6)24-39)52-13-18-57-58-19-14-53(70-45(7)25-40(2)26-46(70)8)34-64(58)83(63(57)33-52)67-31-51(38-82)32-68(73(67)61-22-17-56(74(76,77)78)37-62(61)75(79,80)81)84-65-35-54(71-47(9)27-41(3)28-48(71)10)15-20-59(65)60-21-16-55(36-66(60)84)72-49(11)29-42(4)30-50(72)12/h13-37H,1-12H3. The number of halogens is 6. The van der Waals surface area contributed by atoms with Crippen molar-refractivity contribution < 1.29 is 26.3 Å². The van der Waals surface area contributed by atoms with Crippen LogP contribution in [-0.4, -0.2) is 9.13 Å². The number of rotatable bonds is 7. The fourth-order valence-electron chi connectivity index (χ4n) is 14.2. The lowest BCUT2D eigenvalue weighted by Crippen LogP contribution is -2.14. The van der Waals surface area contributed by atoms with Gasteiger partial charge >= 0.3 is 12.4 Å². The molecule has 0 saturated heterocycles. The van der Waals surface area contributed by atoms with Crippen LogP contribution in [-0.2, 0) is 12.4 Å². The molecule has 0 atom stereocenters. The lowest BCUT2D eigenvalue weighted by Gasteiger charge is -2.24. The molecule has 84 heavy (non-hydrogen) atoms. The lowest BCUT2D eigenvalue weighted by atomic mass is 9.91. The first-order chi connectivity index (χ1) is 39.8. The molecule has 0 radical (unpaired) electrons. The van der Waals surface area contributed by atoms with Crippen molar-refractivity contribution in [1.29, 1.82) is 5.26 Å². The van der Waals surface area contributed by atoms with Crippen LogP contribution in [0.4, 0.5) is 26.3 Å². The summed E-state index contributed by atoms with van der Waals surface area (Å²) in [7, 11) is 0. The Bertz CT molecular complexity index is 4260. The molecule has 0 aliphatic rings. The van der Waals surface area contributed by atoms with E-state index in [0.29, 0.717) is 22.1 Å². The Morgan fingerprint density at radius 3 is 0.857 bits per heavy atom. The first-order valence-corrected chi connectivity index (χ1v) is 28.2. The number of fused-ring (bicyclic) bond motifs is 6. The average molecular weight is 1120 g/mol. The molecule has 0 fully saturated rings. The fourth-order valence-corrected chi connectivity index (χ4v) is 14.2. The maximum absolute atomic E-state index is 16.4. The van der Waals surface area contributed by atoms with Gasteiger partial charge in [-0.25, -0.2) is 0 Å². The fraction of sp³-hybridized carbons (Fsp3) is 0.187. The molecule has 0 aliphatic carbocycles. The van der Waals surface area contributed by atoms with Gasteiger partial charge in [-0.15, -0.1) is 0 Å². The maximum atomic E-state index is 16.4. The Kier molecular flexibility index (Phi) is 13.2. The zero-order valence-corrected chi connectivity index (χ0v) is 49.0. The molecule has 2 heterocycles. The number of aromatic nitrogens is 2. The highest BCUT2D eigenvalue weighted by Crippen LogP contribution is 2.50. The minimum atomic E-state index is -5.29. The molecule has 3 nitrogen and oxygen atoms in total. The molecular formula is C75H61F6N3. The van der Waals surface area contributed by atoms with Crippen molar-refractivity contribution in [3.63, 3.8) is 0 Å². The minimum absolute atomic E-state index is 0.0185. The van der Waals surface area contributed by atoms with E-state index in [1.807, 2.05) is 61.1 Å². The molecule has 12 aromatic rings. The second-order valence-corrected chi connectivity index (χ2v) is 23.5. The van der Waals surface area contributed by atoms with Gasteiger partial charge in [-0.05, 0) is 226 Å². The first-order valence-electron chi connectivity index (χ1n) is 28.2. The van der Waals surface area contributed by atoms with Crippen molar-refractivity contribution in [1.82, 2.24) is 9.13 Å². The molecule has 0 N–H and O–H groups in total. The predicted molar refractivity (Wildman–Crippen MR) is 334 cm³/mol. The number of hydrogen-bond acceptors (Lipinski definition) is 1. The summed E-state index contributed by atoms with van der Waals surface area (Å²) < 4.78 is 97.7. The molecule has 2 aromatic heterocycles. The van der Waals surface area contributed by atoms with Gasteiger partial charge in [-0.3, -0.25) is 0 Å². The molecule has 12 rings (SSSR count). The van der Waals surface area contributed by atoms with Crippen LogP contribution in [0.2, 0.25) is 0 Å². The number of alkyl halides is 6. The topological polar surface area (TPSA) is 33.6 Å². The predicted octanol–water partition coefficient (Wildman–Crippen LogP) is 21.8. The molecule has 0 bridgehead atoms. The van der Waals surface area contributed by atoms with Crippen molar-refractivity contribution in [2.24, 2.45) is 0 Å². The van der Waals surface area contributed by atoms with Gasteiger partial charge < -0.3 is 9.13 Å². The second-order valence-electron chi connectivity index (χ2n) is 23.5. The number of hydrogen-bond donors (Lipinski definition) is 0. The van der Waals surface area contributed by atoms with Gasteiger partial charge in [0.2, 0.25) is 0 Å². The third-order valence-electron chi connectivity index (χ3n) is 17.0. The van der Waals surface area contributed by atoms with E-state index in [-0.39, 0.29) is 28.6 Å². The van der Waals surface area contributed by atoms with Gasteiger partial charge in [0.05, 0.1) is 56.2 Å². The van der Waals surface area contributed by atoms with E-state index >= 15 is 13.2 Å². The number of benzene rings is 10. The molecule has 0 amide bonds. The summed E-state index contributed by atoms with van der Waals surface area (Å²) in [6, 6.07) is 49.1. The van der Waals surface area contributed by atoms with E-state index in [1.54, 1.807) is 12.1 Å². The smallest absolute Gasteiger partial charge is 0.308 e. The molecule has 0 saturated carbocycles. The normalized spacial score (nSPS) is 12.2. The highest BCUT2D eigenvalue weighted by Gasteiger charge is 2.40. The highest BCUT2D eigenvalue weighted by molar-refractivity contribution is 6.14. The lowest BCUT2D eigenvalue weighted by molar-refractivity contribution is -0.142. The molecule has 0 aliphatic heterocycles. The Morgan fingerprint density at radius 2 is 0.607 bits per heavy atom. The van der Waals surface area contributed by atoms with Crippen LogP contribution < -0.4 is 0 Å². The Hall–Kier alpha value is -9.13. The molecular weight excluding hydrogens is 1060 g/mol. The van der Waals surface area contributed by atoms with E-state index in [2.05, 4.69) is 159 Å². The van der Waals surface area contributed by atoms with Crippen LogP contribution in [0.25, 0.3) is 111 Å². The van der Waals surface area contributed by atoms with Crippen LogP contribution in [0.5, 0.6) is 0 Å². The van der Waals surface area contributed by atoms with Crippen molar-refractivity contribution in [2.75, 3.05) is 0 Å². The molecule has 9 heteroatoms. The third-order valence-corrected chi connectivity index (χ3v) is 17.0. The summed E-state index contributed by atoms with van der Waals surface area (Å²) in [6.45, 7) is 24.7. The van der Waals surface area contributed by atoms with Crippen molar-refractivity contribution in [2.45, 2.75) is 95.4 Å². The van der Waals surface area contributed by atoms with Gasteiger partial charge in [0, 0.05) is 27.1 Å². The SMILES string of the molecule is Cc1cc(C)c(-c2ccc3c4ccc(-c5c(C)cc(C)cc5C)cc4n(-c4cc(C#N)cc(-n5c6cc(-c7c(C)cc(C)cc7C)ccc6c6ccc(-c7c(C)cc(C)cc7C)cc65)c4-c4ccc(C(F)(F)F)cc4C(F)(F)F)c3c2)c(C)c1. The summed E-state index contributed by atoms with van der Waals surface area (Å²) in [5, 5.41) is 14.6. The number of nitriles is 1. The summed E-state index contributed by atoms with van der Waals surface area (Å²) in [6.07, 6.45) is -10.4. The van der Waals surface area contributed by atoms with Crippen LogP contribution in [0.3, 0.4) is 0 Å². The Labute approximate surface area is 485 Å². The Balaban J connectivity index is 1.32. The van der Waals surface area contributed by atoms with E-state index in [1.165, 1.54) is 0 Å². The summed E-state index contributed by atoms with van der Waals surface area (Å²) in [5.74, 6) is 0. The van der Waals surface area contributed by atoms with E-state index in [4.69, 9.17) is 0 Å². The summed E-state index contributed by atoms with van der Waals surface area (Å²) >= 11 is 0. The largest absolute Gasteiger partial charge is 0.417 e. The highest BCUT2D eigenvalue weighted by atomic mass is 19.4. The zero-order chi connectivity index (χ0) is 59.7. The van der Waals surface area contributed by atoms with Gasteiger partial charge in [-0.2, -0.15) is 31.6 Å². The van der Waals surface area contributed by atoms with Gasteiger partial charge in [0.25, 0.3) is 0 Å². The number of nitrogens with zero attached hydrogens (tertiary/aromatic N) is 3. The van der Waals surface area contributed by atoms with E-state index in [0.717, 1.165) is 145 Å². The zero-order valence-electron chi connectivity index (χ0n) is 49.0. The molecule has 0 unspecified atom stereocenters. The van der Waals surface area contributed by atoms with Crippen molar-refractivity contribution in [3.05, 3.63) is 235 Å². The maximum Gasteiger partial charge on any atom is 0.417 e. The summed E-state index contributed by atoms with van der Waals surface area (Å²) in [4.78, 5) is 0. The molecule has 10 aromatic carbocycles. The average Bonchev–Trinajstić information content (AvgIpc) is 2.45. The van der Waals surface area contributed by atoms with Crippen molar-refractivity contribution >= 4 is 43.6 Å². The van der Waals surface area contributed by atoms with E-state index < -0.39 is 29.0 Å². The number of aryl methyl sites for hydroxylation is 12. The van der Waals surface area contributed by atoms with Gasteiger partial charge in [-0.1, -0.05) is 125 Å². The third kappa shape index (κ3) is 9.24. The second kappa shape index (κ2) is 20.1. The summed E-state index contributed by atoms with van der Waals surface area (Å²) in [5.41, 5.74) is 19.7.